The first-order chi connectivity index (χ1) is 18.5. The van der Waals surface area contributed by atoms with Crippen LogP contribution in [0.3, 0.4) is 0 Å². The fourth-order valence-corrected chi connectivity index (χ4v) is 6.52. The van der Waals surface area contributed by atoms with Gasteiger partial charge in [0.2, 0.25) is 0 Å². The topological polar surface area (TPSA) is 104 Å². The first-order valence-electron chi connectivity index (χ1n) is 12.4. The van der Waals surface area contributed by atoms with Crippen molar-refractivity contribution < 1.29 is 37.0 Å². The van der Waals surface area contributed by atoms with Gasteiger partial charge in [-0.05, 0) is 42.9 Å². The van der Waals surface area contributed by atoms with E-state index in [9.17, 15) is 23.5 Å². The van der Waals surface area contributed by atoms with E-state index in [1.54, 1.807) is 16.5 Å². The average Bonchev–Trinajstić information content (AvgIpc) is 3.46. The highest BCUT2D eigenvalue weighted by Gasteiger charge is 2.57. The summed E-state index contributed by atoms with van der Waals surface area (Å²) in [6, 6.07) is -0.671. The maximum atomic E-state index is 15.1. The number of fused-ring (bicyclic) bond motifs is 2. The molecule has 8 nitrogen and oxygen atoms in total. The van der Waals surface area contributed by atoms with Crippen molar-refractivity contribution in [2.45, 2.75) is 56.7 Å². The molecule has 2 fully saturated rings. The number of aliphatic imine (C=N–C) groups is 1. The zero-order valence-corrected chi connectivity index (χ0v) is 21.9. The van der Waals surface area contributed by atoms with Gasteiger partial charge in [-0.2, -0.15) is 0 Å². The zero-order valence-electron chi connectivity index (χ0n) is 21.1. The van der Waals surface area contributed by atoms with Crippen molar-refractivity contribution in [2.75, 3.05) is 13.7 Å². The van der Waals surface area contributed by atoms with Crippen LogP contribution in [0.4, 0.5) is 17.6 Å². The summed E-state index contributed by atoms with van der Waals surface area (Å²) < 4.78 is 63.8. The second-order valence-electron chi connectivity index (χ2n) is 10.0. The minimum Gasteiger partial charge on any atom is -0.481 e. The number of nitrogens with zero attached hydrogens (tertiary/aromatic N) is 3. The van der Waals surface area contributed by atoms with Crippen molar-refractivity contribution in [2.24, 2.45) is 10.9 Å². The summed E-state index contributed by atoms with van der Waals surface area (Å²) in [6.45, 7) is 1.26. The first-order valence-corrected chi connectivity index (χ1v) is 13.2. The molecular weight excluding hydrogens is 540 g/mol. The molecule has 208 valence electrons. The van der Waals surface area contributed by atoms with E-state index in [0.29, 0.717) is 5.01 Å². The van der Waals surface area contributed by atoms with Crippen LogP contribution in [0.2, 0.25) is 0 Å². The minimum absolute atomic E-state index is 0.00419. The molecule has 3 aliphatic rings. The summed E-state index contributed by atoms with van der Waals surface area (Å²) in [5.74, 6) is -7.14. The fourth-order valence-electron chi connectivity index (χ4n) is 5.93. The number of halogens is 4. The normalized spacial score (nSPS) is 26.3. The number of aliphatic carboxylic acids is 1. The van der Waals surface area contributed by atoms with Crippen LogP contribution in [0.25, 0.3) is 0 Å². The molecule has 5 rings (SSSR count). The Bertz CT molecular complexity index is 1360. The minimum atomic E-state index is -3.04. The number of benzene rings is 1. The molecule has 2 aromatic rings. The Hall–Kier alpha value is -3.32. The van der Waals surface area contributed by atoms with Crippen LogP contribution in [0, 0.1) is 24.5 Å². The Morgan fingerprint density at radius 2 is 2.05 bits per heavy atom. The number of carbonyl (C=O) groups excluding carboxylic acids is 1. The van der Waals surface area contributed by atoms with Crippen molar-refractivity contribution in [1.29, 1.82) is 0 Å². The number of esters is 1. The number of hydrogen-bond donors (Lipinski definition) is 2. The van der Waals surface area contributed by atoms with Gasteiger partial charge in [0, 0.05) is 42.7 Å². The third-order valence-electron chi connectivity index (χ3n) is 7.67. The number of nitrogens with one attached hydrogen (secondary N) is 1. The molecule has 1 aromatic carbocycles. The molecule has 0 spiro atoms. The molecule has 4 atom stereocenters. The van der Waals surface area contributed by atoms with Gasteiger partial charge in [0.05, 0.1) is 18.7 Å². The molecule has 3 aliphatic heterocycles. The number of aromatic nitrogens is 1. The summed E-state index contributed by atoms with van der Waals surface area (Å²) in [5, 5.41) is 14.5. The number of thiazole rings is 1. The highest BCUT2D eigenvalue weighted by molar-refractivity contribution is 7.11. The third kappa shape index (κ3) is 5.05. The maximum Gasteiger partial charge on any atom is 0.338 e. The lowest BCUT2D eigenvalue weighted by atomic mass is 9.87. The van der Waals surface area contributed by atoms with E-state index in [1.165, 1.54) is 24.3 Å². The Kier molecular flexibility index (Phi) is 7.23. The number of piperidine rings is 1. The molecule has 2 saturated heterocycles. The van der Waals surface area contributed by atoms with Crippen LogP contribution in [-0.2, 0) is 14.3 Å². The molecule has 0 radical (unpaired) electrons. The van der Waals surface area contributed by atoms with Gasteiger partial charge < -0.3 is 15.2 Å². The molecule has 0 amide bonds. The average molecular weight is 567 g/mol. The van der Waals surface area contributed by atoms with Crippen LogP contribution in [0.1, 0.15) is 47.9 Å². The highest BCUT2D eigenvalue weighted by Crippen LogP contribution is 2.49. The van der Waals surface area contributed by atoms with E-state index in [2.05, 4.69) is 15.3 Å². The SMILES string of the molecule is COC(=O)C1=C(CN2[C@@H]3C[C@@H](CC(=O)O)C[C@H]2C(F)(F)C3)NC(c2nccs2)=N[C@H]1c1ccc(F)c(F)c1C. The van der Waals surface area contributed by atoms with Crippen LogP contribution in [-0.4, -0.2) is 64.4 Å². The quantitative estimate of drug-likeness (QED) is 0.382. The van der Waals surface area contributed by atoms with Crippen molar-refractivity contribution in [3.8, 4) is 0 Å². The summed E-state index contributed by atoms with van der Waals surface area (Å²) >= 11 is 1.25. The van der Waals surface area contributed by atoms with Gasteiger partial charge in [0.1, 0.15) is 6.04 Å². The summed E-state index contributed by atoms with van der Waals surface area (Å²) in [4.78, 5) is 34.9. The summed E-state index contributed by atoms with van der Waals surface area (Å²) in [7, 11) is 1.16. The second kappa shape index (κ2) is 10.3. The van der Waals surface area contributed by atoms with Gasteiger partial charge in [-0.25, -0.2) is 27.3 Å². The van der Waals surface area contributed by atoms with Crippen molar-refractivity contribution in [3.05, 3.63) is 62.7 Å². The predicted molar refractivity (Wildman–Crippen MR) is 133 cm³/mol. The number of carboxylic acids is 1. The van der Waals surface area contributed by atoms with Crippen molar-refractivity contribution in [3.63, 3.8) is 0 Å². The molecule has 2 bridgehead atoms. The highest BCUT2D eigenvalue weighted by atomic mass is 32.1. The smallest absolute Gasteiger partial charge is 0.338 e. The third-order valence-corrected chi connectivity index (χ3v) is 8.45. The van der Waals surface area contributed by atoms with Gasteiger partial charge >= 0.3 is 11.9 Å². The first kappa shape index (κ1) is 27.3. The lowest BCUT2D eigenvalue weighted by molar-refractivity contribution is -0.139. The van der Waals surface area contributed by atoms with E-state index in [0.717, 1.165) is 13.2 Å². The largest absolute Gasteiger partial charge is 0.481 e. The molecule has 4 heterocycles. The number of ether oxygens (including phenoxy) is 1. The maximum absolute atomic E-state index is 15.1. The van der Waals surface area contributed by atoms with Crippen LogP contribution < -0.4 is 5.32 Å². The Morgan fingerprint density at radius 3 is 2.69 bits per heavy atom. The standard InChI is InChI=1S/C26H26F4N4O4S/c1-12-15(3-4-16(27)21(12)28)22-20(25(37)38-2)17(32-23(33-22)24-31-5-6-39-24)11-34-14-7-13(9-19(35)36)8-18(34)26(29,30)10-14/h3-6,13-14,18,22H,7-11H2,1-2H3,(H,32,33)(H,35,36)/t13-,14-,18+,22+/m1/s1. The number of hydrogen-bond acceptors (Lipinski definition) is 8. The summed E-state index contributed by atoms with van der Waals surface area (Å²) in [5.41, 5.74) is 0.393. The van der Waals surface area contributed by atoms with Gasteiger partial charge in [-0.3, -0.25) is 14.7 Å². The van der Waals surface area contributed by atoms with Gasteiger partial charge in [0.25, 0.3) is 5.92 Å². The van der Waals surface area contributed by atoms with E-state index in [4.69, 9.17) is 4.74 Å². The zero-order chi connectivity index (χ0) is 28.1. The molecule has 0 unspecified atom stereocenters. The molecule has 39 heavy (non-hydrogen) atoms. The lowest BCUT2D eigenvalue weighted by Gasteiger charge is -2.40. The number of amidine groups is 1. The van der Waals surface area contributed by atoms with Crippen molar-refractivity contribution in [1.82, 2.24) is 15.2 Å². The monoisotopic (exact) mass is 566 g/mol. The molecule has 0 aliphatic carbocycles. The number of rotatable bonds is 7. The number of carbonyl (C=O) groups is 2. The van der Waals surface area contributed by atoms with Gasteiger partial charge in [0.15, 0.2) is 22.5 Å². The Morgan fingerprint density at radius 1 is 1.28 bits per heavy atom. The summed E-state index contributed by atoms with van der Waals surface area (Å²) in [6.07, 6.45) is 1.21. The van der Waals surface area contributed by atoms with E-state index in [1.807, 2.05) is 0 Å². The van der Waals surface area contributed by atoms with Crippen LogP contribution >= 0.6 is 11.3 Å². The lowest BCUT2D eigenvalue weighted by Crippen LogP contribution is -2.50. The number of alkyl halides is 2. The van der Waals surface area contributed by atoms with Crippen LogP contribution in [0.15, 0.2) is 40.0 Å². The second-order valence-corrected chi connectivity index (χ2v) is 10.9. The molecule has 0 saturated carbocycles. The number of methoxy groups -OCH3 is 1. The van der Waals surface area contributed by atoms with E-state index in [-0.39, 0.29) is 60.0 Å². The Balaban J connectivity index is 1.59. The molecular formula is C26H26F4N4O4S. The Labute approximate surface area is 225 Å². The fraction of sp³-hybridized carbons (Fsp3) is 0.462. The van der Waals surface area contributed by atoms with Gasteiger partial charge in [-0.1, -0.05) is 6.07 Å². The van der Waals surface area contributed by atoms with Crippen LogP contribution in [0.5, 0.6) is 0 Å². The molecule has 2 N–H and O–H groups in total. The van der Waals surface area contributed by atoms with E-state index >= 15 is 8.78 Å². The van der Waals surface area contributed by atoms with E-state index < -0.39 is 54.0 Å². The number of carboxylic acid groups (broad SMARTS) is 1. The van der Waals surface area contributed by atoms with Crippen molar-refractivity contribution >= 4 is 29.1 Å². The predicted octanol–water partition coefficient (Wildman–Crippen LogP) is 4.21. The molecule has 13 heteroatoms. The van der Waals surface area contributed by atoms with Gasteiger partial charge in [-0.15, -0.1) is 11.3 Å². The molecule has 1 aromatic heterocycles.